The summed E-state index contributed by atoms with van der Waals surface area (Å²) in [5, 5.41) is 19.2. The van der Waals surface area contributed by atoms with Crippen molar-refractivity contribution in [2.24, 2.45) is 11.8 Å². The average molecular weight is 201 g/mol. The summed E-state index contributed by atoms with van der Waals surface area (Å²) in [6.45, 7) is 1.33. The molecule has 0 aromatic carbocycles. The van der Waals surface area contributed by atoms with E-state index >= 15 is 0 Å². The molecule has 0 aliphatic heterocycles. The van der Waals surface area contributed by atoms with Crippen molar-refractivity contribution in [3.63, 3.8) is 0 Å². The standard InChI is InChI=1S/C8H11NO5/c1-3(7(11)12)9-6(10)4-2-5(4)8(13)14/h3-5H,2H2,1H3,(H,9,10)(H,11,12)(H,13,14)/t3?,4-,5+/m1/s1. The van der Waals surface area contributed by atoms with E-state index in [4.69, 9.17) is 10.2 Å². The van der Waals surface area contributed by atoms with Crippen LogP contribution in [0.1, 0.15) is 13.3 Å². The fraction of sp³-hybridized carbons (Fsp3) is 0.625. The Hall–Kier alpha value is -1.59. The van der Waals surface area contributed by atoms with E-state index in [0.29, 0.717) is 6.42 Å². The van der Waals surface area contributed by atoms with Crippen LogP contribution in [0.5, 0.6) is 0 Å². The Balaban J connectivity index is 2.38. The molecule has 6 heteroatoms. The van der Waals surface area contributed by atoms with Crippen LogP contribution >= 0.6 is 0 Å². The summed E-state index contributed by atoms with van der Waals surface area (Å²) in [6.07, 6.45) is 0.299. The number of hydrogen-bond donors (Lipinski definition) is 3. The summed E-state index contributed by atoms with van der Waals surface area (Å²) >= 11 is 0. The maximum Gasteiger partial charge on any atom is 0.325 e. The highest BCUT2D eigenvalue weighted by atomic mass is 16.4. The van der Waals surface area contributed by atoms with E-state index in [2.05, 4.69) is 5.32 Å². The number of hydrogen-bond acceptors (Lipinski definition) is 3. The zero-order valence-corrected chi connectivity index (χ0v) is 7.56. The van der Waals surface area contributed by atoms with Gasteiger partial charge in [-0.1, -0.05) is 0 Å². The van der Waals surface area contributed by atoms with Gasteiger partial charge in [0.1, 0.15) is 6.04 Å². The van der Waals surface area contributed by atoms with E-state index in [1.165, 1.54) is 6.92 Å². The van der Waals surface area contributed by atoms with Gasteiger partial charge in [0.15, 0.2) is 0 Å². The van der Waals surface area contributed by atoms with Gasteiger partial charge in [-0.15, -0.1) is 0 Å². The lowest BCUT2D eigenvalue weighted by atomic mass is 10.2. The SMILES string of the molecule is CC(NC(=O)[C@@H]1C[C@@H]1C(=O)O)C(=O)O. The Morgan fingerprint density at radius 3 is 2.21 bits per heavy atom. The van der Waals surface area contributed by atoms with Crippen molar-refractivity contribution in [1.82, 2.24) is 5.32 Å². The Bertz CT molecular complexity index is 287. The third-order valence-corrected chi connectivity index (χ3v) is 2.17. The molecule has 78 valence electrons. The van der Waals surface area contributed by atoms with Crippen molar-refractivity contribution in [2.75, 3.05) is 0 Å². The van der Waals surface area contributed by atoms with Crippen LogP contribution in [-0.4, -0.2) is 34.1 Å². The molecule has 0 spiro atoms. The molecule has 3 N–H and O–H groups in total. The normalized spacial score (nSPS) is 26.4. The second-order valence-electron chi connectivity index (χ2n) is 3.36. The number of rotatable bonds is 4. The number of carbonyl (C=O) groups is 3. The summed E-state index contributed by atoms with van der Waals surface area (Å²) in [7, 11) is 0. The van der Waals surface area contributed by atoms with Gasteiger partial charge in [-0.3, -0.25) is 14.4 Å². The van der Waals surface area contributed by atoms with Gasteiger partial charge in [0.2, 0.25) is 5.91 Å². The minimum Gasteiger partial charge on any atom is -0.481 e. The zero-order chi connectivity index (χ0) is 10.9. The van der Waals surface area contributed by atoms with E-state index < -0.39 is 35.7 Å². The van der Waals surface area contributed by atoms with Crippen molar-refractivity contribution < 1.29 is 24.6 Å². The molecular formula is C8H11NO5. The number of nitrogens with one attached hydrogen (secondary N) is 1. The monoisotopic (exact) mass is 201 g/mol. The molecule has 0 aromatic heterocycles. The molecular weight excluding hydrogens is 190 g/mol. The van der Waals surface area contributed by atoms with Crippen LogP contribution in [-0.2, 0) is 14.4 Å². The highest BCUT2D eigenvalue weighted by Gasteiger charge is 2.48. The highest BCUT2D eigenvalue weighted by molar-refractivity contribution is 5.91. The average Bonchev–Trinajstić information content (AvgIpc) is 2.81. The van der Waals surface area contributed by atoms with Crippen LogP contribution in [0.3, 0.4) is 0 Å². The predicted molar refractivity (Wildman–Crippen MR) is 44.5 cm³/mol. The van der Waals surface area contributed by atoms with Crippen LogP contribution < -0.4 is 5.32 Å². The third-order valence-electron chi connectivity index (χ3n) is 2.17. The van der Waals surface area contributed by atoms with E-state index in [0.717, 1.165) is 0 Å². The topological polar surface area (TPSA) is 104 Å². The van der Waals surface area contributed by atoms with Gasteiger partial charge in [-0.05, 0) is 13.3 Å². The lowest BCUT2D eigenvalue weighted by molar-refractivity contribution is -0.142. The van der Waals surface area contributed by atoms with Gasteiger partial charge in [0.25, 0.3) is 0 Å². The zero-order valence-electron chi connectivity index (χ0n) is 7.56. The van der Waals surface area contributed by atoms with Crippen LogP contribution in [0.2, 0.25) is 0 Å². The number of carboxylic acids is 2. The molecule has 1 aliphatic rings. The molecule has 14 heavy (non-hydrogen) atoms. The molecule has 1 fully saturated rings. The first-order chi connectivity index (χ1) is 6.43. The fourth-order valence-corrected chi connectivity index (χ4v) is 1.14. The Kier molecular flexibility index (Phi) is 2.73. The van der Waals surface area contributed by atoms with Crippen LogP contribution in [0, 0.1) is 11.8 Å². The molecule has 0 bridgehead atoms. The molecule has 0 heterocycles. The second kappa shape index (κ2) is 3.65. The van der Waals surface area contributed by atoms with Gasteiger partial charge in [0.05, 0.1) is 11.8 Å². The first-order valence-corrected chi connectivity index (χ1v) is 4.19. The smallest absolute Gasteiger partial charge is 0.325 e. The third kappa shape index (κ3) is 2.21. The maximum absolute atomic E-state index is 11.2. The maximum atomic E-state index is 11.2. The second-order valence-corrected chi connectivity index (χ2v) is 3.36. The minimum atomic E-state index is -1.13. The molecule has 1 amide bonds. The largest absolute Gasteiger partial charge is 0.481 e. The molecule has 3 atom stereocenters. The molecule has 1 unspecified atom stereocenters. The Morgan fingerprint density at radius 2 is 1.86 bits per heavy atom. The first-order valence-electron chi connectivity index (χ1n) is 4.19. The fourth-order valence-electron chi connectivity index (χ4n) is 1.14. The summed E-state index contributed by atoms with van der Waals surface area (Å²) in [4.78, 5) is 32.0. The minimum absolute atomic E-state index is 0.299. The number of carbonyl (C=O) groups excluding carboxylic acids is 1. The molecule has 1 aliphatic carbocycles. The van der Waals surface area contributed by atoms with Crippen molar-refractivity contribution in [1.29, 1.82) is 0 Å². The number of aliphatic carboxylic acids is 2. The molecule has 0 saturated heterocycles. The van der Waals surface area contributed by atoms with Crippen molar-refractivity contribution >= 4 is 17.8 Å². The molecule has 6 nitrogen and oxygen atoms in total. The summed E-state index contributed by atoms with van der Waals surface area (Å²) in [5.41, 5.74) is 0. The molecule has 0 radical (unpaired) electrons. The van der Waals surface area contributed by atoms with Crippen molar-refractivity contribution in [3.8, 4) is 0 Å². The van der Waals surface area contributed by atoms with Crippen LogP contribution in [0.15, 0.2) is 0 Å². The van der Waals surface area contributed by atoms with Crippen molar-refractivity contribution in [2.45, 2.75) is 19.4 Å². The highest BCUT2D eigenvalue weighted by Crippen LogP contribution is 2.38. The summed E-state index contributed by atoms with van der Waals surface area (Å²) in [6, 6.07) is -0.974. The predicted octanol–water partition coefficient (Wildman–Crippen LogP) is -0.704. The van der Waals surface area contributed by atoms with Crippen LogP contribution in [0.25, 0.3) is 0 Å². The van der Waals surface area contributed by atoms with E-state index in [-0.39, 0.29) is 0 Å². The van der Waals surface area contributed by atoms with Gasteiger partial charge in [0, 0.05) is 0 Å². The Labute approximate surface area is 79.9 Å². The van der Waals surface area contributed by atoms with Crippen LogP contribution in [0.4, 0.5) is 0 Å². The summed E-state index contributed by atoms with van der Waals surface area (Å²) < 4.78 is 0. The quantitative estimate of drug-likeness (QED) is 0.557. The lowest BCUT2D eigenvalue weighted by Gasteiger charge is -2.07. The molecule has 1 rings (SSSR count). The van der Waals surface area contributed by atoms with Gasteiger partial charge in [-0.25, -0.2) is 0 Å². The van der Waals surface area contributed by atoms with Crippen molar-refractivity contribution in [3.05, 3.63) is 0 Å². The number of carboxylic acid groups (broad SMARTS) is 2. The van der Waals surface area contributed by atoms with E-state index in [9.17, 15) is 14.4 Å². The first kappa shape index (κ1) is 10.5. The van der Waals surface area contributed by atoms with Gasteiger partial charge >= 0.3 is 11.9 Å². The van der Waals surface area contributed by atoms with E-state index in [1.54, 1.807) is 0 Å². The van der Waals surface area contributed by atoms with Gasteiger partial charge in [-0.2, -0.15) is 0 Å². The van der Waals surface area contributed by atoms with Gasteiger partial charge < -0.3 is 15.5 Å². The molecule has 0 aromatic rings. The molecule has 1 saturated carbocycles. The number of amides is 1. The summed E-state index contributed by atoms with van der Waals surface area (Å²) in [5.74, 6) is -3.84. The van der Waals surface area contributed by atoms with E-state index in [1.807, 2.05) is 0 Å². The lowest BCUT2D eigenvalue weighted by Crippen LogP contribution is -2.39. The Morgan fingerprint density at radius 1 is 1.29 bits per heavy atom.